The largest absolute Gasteiger partial charge is 0.367 e. The summed E-state index contributed by atoms with van der Waals surface area (Å²) in [5, 5.41) is 0.495. The smallest absolute Gasteiger partial charge is 0.149 e. The van der Waals surface area contributed by atoms with Gasteiger partial charge in [-0.25, -0.2) is 9.97 Å². The number of nitrogens with zero attached hydrogens (tertiary/aromatic N) is 3. The van der Waals surface area contributed by atoms with Crippen molar-refractivity contribution in [1.82, 2.24) is 9.97 Å². The monoisotopic (exact) mass is 261 g/mol. The van der Waals surface area contributed by atoms with E-state index in [1.807, 2.05) is 14.0 Å². The van der Waals surface area contributed by atoms with Crippen LogP contribution in [0.4, 0.5) is 5.69 Å². The van der Waals surface area contributed by atoms with Crippen LogP contribution in [0.1, 0.15) is 17.1 Å². The highest BCUT2D eigenvalue weighted by Gasteiger charge is 2.06. The van der Waals surface area contributed by atoms with E-state index < -0.39 is 0 Å². The number of rotatable bonds is 3. The van der Waals surface area contributed by atoms with Gasteiger partial charge in [-0.05, 0) is 32.0 Å². The summed E-state index contributed by atoms with van der Waals surface area (Å²) in [4.78, 5) is 10.7. The lowest BCUT2D eigenvalue weighted by Crippen LogP contribution is -2.18. The molecule has 0 spiro atoms. The van der Waals surface area contributed by atoms with Crippen LogP contribution in [0.15, 0.2) is 30.3 Å². The second kappa shape index (κ2) is 5.36. The van der Waals surface area contributed by atoms with Gasteiger partial charge >= 0.3 is 0 Å². The maximum Gasteiger partial charge on any atom is 0.149 e. The number of halogens is 1. The SMILES string of the molecule is Cc1ccc(N(C)Cc2nc(C)cc(Cl)n2)cc1. The summed E-state index contributed by atoms with van der Waals surface area (Å²) in [5.74, 6) is 0.739. The quantitative estimate of drug-likeness (QED) is 0.793. The van der Waals surface area contributed by atoms with Gasteiger partial charge in [0.05, 0.1) is 6.54 Å². The van der Waals surface area contributed by atoms with Crippen LogP contribution in [-0.2, 0) is 6.54 Å². The van der Waals surface area contributed by atoms with Gasteiger partial charge in [-0.3, -0.25) is 0 Å². The molecule has 1 heterocycles. The third kappa shape index (κ3) is 3.20. The molecule has 0 saturated heterocycles. The summed E-state index contributed by atoms with van der Waals surface area (Å²) >= 11 is 5.93. The van der Waals surface area contributed by atoms with Crippen LogP contribution in [-0.4, -0.2) is 17.0 Å². The Morgan fingerprint density at radius 1 is 1.11 bits per heavy atom. The molecule has 2 rings (SSSR count). The molecule has 0 fully saturated rings. The summed E-state index contributed by atoms with van der Waals surface area (Å²) in [7, 11) is 2.02. The molecule has 2 aromatic rings. The Bertz CT molecular complexity index is 517. The van der Waals surface area contributed by atoms with Crippen LogP contribution in [0.3, 0.4) is 0 Å². The van der Waals surface area contributed by atoms with Gasteiger partial charge < -0.3 is 4.90 Å². The molecule has 1 aromatic carbocycles. The minimum absolute atomic E-state index is 0.495. The third-order valence-electron chi connectivity index (χ3n) is 2.72. The molecule has 0 bridgehead atoms. The van der Waals surface area contributed by atoms with E-state index in [1.54, 1.807) is 6.07 Å². The molecular weight excluding hydrogens is 246 g/mol. The predicted molar refractivity (Wildman–Crippen MR) is 75.1 cm³/mol. The third-order valence-corrected chi connectivity index (χ3v) is 2.92. The zero-order valence-corrected chi connectivity index (χ0v) is 11.6. The molecule has 0 aliphatic carbocycles. The summed E-state index contributed by atoms with van der Waals surface area (Å²) < 4.78 is 0. The molecule has 4 heteroatoms. The first-order valence-electron chi connectivity index (χ1n) is 5.82. The van der Waals surface area contributed by atoms with Gasteiger partial charge in [0.1, 0.15) is 11.0 Å². The highest BCUT2D eigenvalue weighted by Crippen LogP contribution is 2.16. The maximum absolute atomic E-state index is 5.93. The fourth-order valence-corrected chi connectivity index (χ4v) is 2.02. The second-order valence-corrected chi connectivity index (χ2v) is 4.83. The van der Waals surface area contributed by atoms with Crippen molar-refractivity contribution in [1.29, 1.82) is 0 Å². The Morgan fingerprint density at radius 2 is 1.78 bits per heavy atom. The molecular formula is C14H16ClN3. The van der Waals surface area contributed by atoms with Gasteiger partial charge in [0.15, 0.2) is 0 Å². The van der Waals surface area contributed by atoms with Crippen molar-refractivity contribution < 1.29 is 0 Å². The average Bonchev–Trinajstić information content (AvgIpc) is 2.28. The van der Waals surface area contributed by atoms with Gasteiger partial charge in [0.25, 0.3) is 0 Å². The highest BCUT2D eigenvalue weighted by molar-refractivity contribution is 6.29. The minimum Gasteiger partial charge on any atom is -0.367 e. The molecule has 18 heavy (non-hydrogen) atoms. The van der Waals surface area contributed by atoms with E-state index in [1.165, 1.54) is 5.56 Å². The van der Waals surface area contributed by atoms with Crippen LogP contribution in [0.2, 0.25) is 5.15 Å². The van der Waals surface area contributed by atoms with Crippen molar-refractivity contribution in [2.45, 2.75) is 20.4 Å². The highest BCUT2D eigenvalue weighted by atomic mass is 35.5. The Morgan fingerprint density at radius 3 is 2.39 bits per heavy atom. The molecule has 0 aliphatic rings. The second-order valence-electron chi connectivity index (χ2n) is 4.44. The van der Waals surface area contributed by atoms with E-state index in [2.05, 4.69) is 46.1 Å². The summed E-state index contributed by atoms with van der Waals surface area (Å²) in [5.41, 5.74) is 3.28. The molecule has 0 saturated carbocycles. The zero-order chi connectivity index (χ0) is 13.1. The number of aromatic nitrogens is 2. The van der Waals surface area contributed by atoms with E-state index in [0.29, 0.717) is 11.7 Å². The number of aryl methyl sites for hydroxylation is 2. The fraction of sp³-hybridized carbons (Fsp3) is 0.286. The summed E-state index contributed by atoms with van der Waals surface area (Å²) in [6.45, 7) is 4.64. The van der Waals surface area contributed by atoms with Crippen molar-refractivity contribution in [2.75, 3.05) is 11.9 Å². The van der Waals surface area contributed by atoms with E-state index in [0.717, 1.165) is 17.2 Å². The lowest BCUT2D eigenvalue weighted by molar-refractivity contribution is 0.828. The van der Waals surface area contributed by atoms with Crippen LogP contribution < -0.4 is 4.90 Å². The number of anilines is 1. The Hall–Kier alpha value is -1.61. The van der Waals surface area contributed by atoms with E-state index in [-0.39, 0.29) is 0 Å². The standard InChI is InChI=1S/C14H16ClN3/c1-10-4-6-12(7-5-10)18(3)9-14-16-11(2)8-13(15)17-14/h4-8H,9H2,1-3H3. The van der Waals surface area contributed by atoms with E-state index >= 15 is 0 Å². The Kier molecular flexibility index (Phi) is 3.82. The van der Waals surface area contributed by atoms with Gasteiger partial charge in [0.2, 0.25) is 0 Å². The summed E-state index contributed by atoms with van der Waals surface area (Å²) in [6.07, 6.45) is 0. The topological polar surface area (TPSA) is 29.0 Å². The lowest BCUT2D eigenvalue weighted by Gasteiger charge is -2.18. The van der Waals surface area contributed by atoms with Gasteiger partial charge in [-0.1, -0.05) is 29.3 Å². The molecule has 0 radical (unpaired) electrons. The molecule has 0 unspecified atom stereocenters. The van der Waals surface area contributed by atoms with Crippen LogP contribution >= 0.6 is 11.6 Å². The van der Waals surface area contributed by atoms with Gasteiger partial charge in [-0.2, -0.15) is 0 Å². The van der Waals surface area contributed by atoms with Crippen LogP contribution in [0.25, 0.3) is 0 Å². The maximum atomic E-state index is 5.93. The Balaban J connectivity index is 2.15. The average molecular weight is 262 g/mol. The summed E-state index contributed by atoms with van der Waals surface area (Å²) in [6, 6.07) is 10.1. The van der Waals surface area contributed by atoms with Gasteiger partial charge in [0, 0.05) is 18.4 Å². The minimum atomic E-state index is 0.495. The first kappa shape index (κ1) is 12.8. The van der Waals surface area contributed by atoms with Gasteiger partial charge in [-0.15, -0.1) is 0 Å². The van der Waals surface area contributed by atoms with Crippen LogP contribution in [0, 0.1) is 13.8 Å². The molecule has 94 valence electrons. The Labute approximate surface area is 112 Å². The molecule has 3 nitrogen and oxygen atoms in total. The first-order valence-corrected chi connectivity index (χ1v) is 6.20. The van der Waals surface area contributed by atoms with Crippen molar-refractivity contribution in [3.63, 3.8) is 0 Å². The van der Waals surface area contributed by atoms with Crippen molar-refractivity contribution in [2.24, 2.45) is 0 Å². The molecule has 1 aromatic heterocycles. The predicted octanol–water partition coefficient (Wildman–Crippen LogP) is 3.38. The normalized spacial score (nSPS) is 10.4. The van der Waals surface area contributed by atoms with Crippen molar-refractivity contribution in [3.05, 3.63) is 52.6 Å². The van der Waals surface area contributed by atoms with Crippen molar-refractivity contribution >= 4 is 17.3 Å². The van der Waals surface area contributed by atoms with E-state index in [9.17, 15) is 0 Å². The number of hydrogen-bond acceptors (Lipinski definition) is 3. The molecule has 0 atom stereocenters. The molecule has 0 amide bonds. The van der Waals surface area contributed by atoms with Crippen LogP contribution in [0.5, 0.6) is 0 Å². The van der Waals surface area contributed by atoms with Crippen molar-refractivity contribution in [3.8, 4) is 0 Å². The molecule has 0 N–H and O–H groups in total. The zero-order valence-electron chi connectivity index (χ0n) is 10.8. The number of hydrogen-bond donors (Lipinski definition) is 0. The number of benzene rings is 1. The first-order chi connectivity index (χ1) is 8.54. The lowest BCUT2D eigenvalue weighted by atomic mass is 10.2. The fourth-order valence-electron chi connectivity index (χ4n) is 1.76. The molecule has 0 aliphatic heterocycles. The van der Waals surface area contributed by atoms with E-state index in [4.69, 9.17) is 11.6 Å².